The molecule has 4 aromatic rings. The molecular formula is C33H31BrN2O6S. The Morgan fingerprint density at radius 1 is 1.05 bits per heavy atom. The second-order valence-corrected chi connectivity index (χ2v) is 11.5. The van der Waals surface area contributed by atoms with Gasteiger partial charge in [0.2, 0.25) is 0 Å². The number of thiazole rings is 1. The van der Waals surface area contributed by atoms with E-state index in [-0.39, 0.29) is 12.2 Å². The molecule has 0 bridgehead atoms. The molecule has 0 aliphatic carbocycles. The highest BCUT2D eigenvalue weighted by atomic mass is 79.9. The predicted octanol–water partition coefficient (Wildman–Crippen LogP) is 5.55. The number of ether oxygens (including phenoxy) is 4. The van der Waals surface area contributed by atoms with Crippen molar-refractivity contribution in [3.63, 3.8) is 0 Å². The number of halogens is 1. The van der Waals surface area contributed by atoms with E-state index in [1.54, 1.807) is 31.6 Å². The molecule has 0 amide bonds. The van der Waals surface area contributed by atoms with Crippen LogP contribution in [-0.2, 0) is 16.1 Å². The molecule has 1 aliphatic rings. The van der Waals surface area contributed by atoms with Crippen LogP contribution < -0.4 is 29.1 Å². The second kappa shape index (κ2) is 13.4. The fourth-order valence-corrected chi connectivity index (χ4v) is 6.49. The molecule has 8 nitrogen and oxygen atoms in total. The minimum atomic E-state index is -0.705. The summed E-state index contributed by atoms with van der Waals surface area (Å²) in [7, 11) is 1.57. The third kappa shape index (κ3) is 6.45. The van der Waals surface area contributed by atoms with Gasteiger partial charge in [0.25, 0.3) is 5.56 Å². The summed E-state index contributed by atoms with van der Waals surface area (Å²) < 4.78 is 25.4. The second-order valence-electron chi connectivity index (χ2n) is 9.61. The number of allylic oxidation sites excluding steroid dienone is 1. The van der Waals surface area contributed by atoms with E-state index in [9.17, 15) is 9.59 Å². The van der Waals surface area contributed by atoms with Crippen molar-refractivity contribution in [2.75, 3.05) is 20.3 Å². The van der Waals surface area contributed by atoms with Gasteiger partial charge in [-0.2, -0.15) is 0 Å². The molecule has 222 valence electrons. The predicted molar refractivity (Wildman–Crippen MR) is 169 cm³/mol. The lowest BCUT2D eigenvalue weighted by molar-refractivity contribution is -0.139. The number of nitrogens with zero attached hydrogens (tertiary/aromatic N) is 2. The van der Waals surface area contributed by atoms with Crippen LogP contribution in [0.2, 0.25) is 0 Å². The SMILES string of the molecule is CCOC(=O)C1=C(C)N=c2s/c(=C\c3cc(Br)c(OCc4ccccc4)c(OC)c3)c(=O)n2[C@@H]1c1ccc(OCC)cc1. The molecule has 43 heavy (non-hydrogen) atoms. The van der Waals surface area contributed by atoms with Crippen LogP contribution in [0, 0.1) is 0 Å². The highest BCUT2D eigenvalue weighted by Gasteiger charge is 2.33. The molecule has 1 atom stereocenters. The van der Waals surface area contributed by atoms with Crippen molar-refractivity contribution in [1.29, 1.82) is 0 Å². The van der Waals surface area contributed by atoms with Gasteiger partial charge in [-0.05, 0) is 83.7 Å². The number of methoxy groups -OCH3 is 1. The topological polar surface area (TPSA) is 88.4 Å². The molecule has 10 heteroatoms. The Kier molecular flexibility index (Phi) is 9.47. The lowest BCUT2D eigenvalue weighted by Gasteiger charge is -2.24. The average molecular weight is 664 g/mol. The van der Waals surface area contributed by atoms with Crippen molar-refractivity contribution in [3.8, 4) is 17.2 Å². The summed E-state index contributed by atoms with van der Waals surface area (Å²) in [5, 5.41) is 0. The van der Waals surface area contributed by atoms with Crippen molar-refractivity contribution in [2.45, 2.75) is 33.4 Å². The van der Waals surface area contributed by atoms with Crippen molar-refractivity contribution in [2.24, 2.45) is 4.99 Å². The molecule has 0 radical (unpaired) electrons. The normalized spacial score (nSPS) is 14.6. The first-order chi connectivity index (χ1) is 20.8. The maximum atomic E-state index is 14.0. The van der Waals surface area contributed by atoms with Gasteiger partial charge in [-0.15, -0.1) is 0 Å². The van der Waals surface area contributed by atoms with E-state index in [1.807, 2.05) is 73.7 Å². The summed E-state index contributed by atoms with van der Waals surface area (Å²) in [4.78, 5) is 32.3. The Morgan fingerprint density at radius 3 is 2.47 bits per heavy atom. The number of aromatic nitrogens is 1. The first kappa shape index (κ1) is 30.3. The quantitative estimate of drug-likeness (QED) is 0.207. The maximum Gasteiger partial charge on any atom is 0.338 e. The van der Waals surface area contributed by atoms with E-state index in [4.69, 9.17) is 18.9 Å². The number of hydrogen-bond acceptors (Lipinski definition) is 8. The molecule has 0 fully saturated rings. The van der Waals surface area contributed by atoms with Gasteiger partial charge in [0.1, 0.15) is 12.4 Å². The molecule has 0 saturated carbocycles. The lowest BCUT2D eigenvalue weighted by atomic mass is 9.96. The van der Waals surface area contributed by atoms with Crippen LogP contribution in [0.5, 0.6) is 17.2 Å². The van der Waals surface area contributed by atoms with E-state index >= 15 is 0 Å². The van der Waals surface area contributed by atoms with E-state index < -0.39 is 12.0 Å². The average Bonchev–Trinajstić information content (AvgIpc) is 3.30. The zero-order valence-corrected chi connectivity index (χ0v) is 26.7. The fraction of sp³-hybridized carbons (Fsp3) is 0.242. The third-order valence-corrected chi connectivity index (χ3v) is 8.37. The number of benzene rings is 3. The summed E-state index contributed by atoms with van der Waals surface area (Å²) in [6, 6.07) is 20.2. The van der Waals surface area contributed by atoms with Crippen LogP contribution in [0.3, 0.4) is 0 Å². The Hall–Kier alpha value is -4.15. The Morgan fingerprint density at radius 2 is 1.79 bits per heavy atom. The zero-order chi connectivity index (χ0) is 30.5. The molecule has 0 spiro atoms. The summed E-state index contributed by atoms with van der Waals surface area (Å²) in [6.07, 6.45) is 1.79. The van der Waals surface area contributed by atoms with Gasteiger partial charge >= 0.3 is 5.97 Å². The van der Waals surface area contributed by atoms with E-state index in [0.29, 0.717) is 55.5 Å². The Balaban J connectivity index is 1.57. The number of fused-ring (bicyclic) bond motifs is 1. The van der Waals surface area contributed by atoms with Crippen LogP contribution in [0.1, 0.15) is 43.5 Å². The molecule has 0 saturated heterocycles. The van der Waals surface area contributed by atoms with Crippen molar-refractivity contribution < 1.29 is 23.7 Å². The molecule has 1 aliphatic heterocycles. The molecular weight excluding hydrogens is 632 g/mol. The zero-order valence-electron chi connectivity index (χ0n) is 24.3. The molecule has 2 heterocycles. The smallest absolute Gasteiger partial charge is 0.338 e. The van der Waals surface area contributed by atoms with Crippen LogP contribution in [-0.4, -0.2) is 30.9 Å². The van der Waals surface area contributed by atoms with Gasteiger partial charge < -0.3 is 18.9 Å². The monoisotopic (exact) mass is 662 g/mol. The number of carbonyl (C=O) groups is 1. The van der Waals surface area contributed by atoms with Crippen LogP contribution in [0.4, 0.5) is 0 Å². The summed E-state index contributed by atoms with van der Waals surface area (Å²) in [6.45, 7) is 6.54. The largest absolute Gasteiger partial charge is 0.494 e. The van der Waals surface area contributed by atoms with E-state index in [0.717, 1.165) is 16.7 Å². The van der Waals surface area contributed by atoms with Gasteiger partial charge in [-0.1, -0.05) is 53.8 Å². The Bertz CT molecular complexity index is 1850. The van der Waals surface area contributed by atoms with Crippen LogP contribution in [0.25, 0.3) is 6.08 Å². The highest BCUT2D eigenvalue weighted by molar-refractivity contribution is 9.10. The van der Waals surface area contributed by atoms with Gasteiger partial charge in [-0.25, -0.2) is 9.79 Å². The van der Waals surface area contributed by atoms with Gasteiger partial charge in [0.15, 0.2) is 16.3 Å². The number of rotatable bonds is 10. The lowest BCUT2D eigenvalue weighted by Crippen LogP contribution is -2.39. The third-order valence-electron chi connectivity index (χ3n) is 6.80. The number of esters is 1. The van der Waals surface area contributed by atoms with Crippen molar-refractivity contribution in [3.05, 3.63) is 119 Å². The number of hydrogen-bond donors (Lipinski definition) is 0. The number of carbonyl (C=O) groups excluding carboxylic acids is 1. The fourth-order valence-electron chi connectivity index (χ4n) is 4.86. The van der Waals surface area contributed by atoms with Crippen molar-refractivity contribution >= 4 is 39.3 Å². The summed E-state index contributed by atoms with van der Waals surface area (Å²) in [5.41, 5.74) is 3.08. The molecule has 1 aromatic heterocycles. The Labute approximate surface area is 261 Å². The van der Waals surface area contributed by atoms with Crippen LogP contribution >= 0.6 is 27.3 Å². The van der Waals surface area contributed by atoms with Gasteiger partial charge in [0.05, 0.1) is 46.6 Å². The van der Waals surface area contributed by atoms with Crippen LogP contribution in [0.15, 0.2) is 92.3 Å². The van der Waals surface area contributed by atoms with Gasteiger partial charge in [-0.3, -0.25) is 9.36 Å². The molecule has 0 N–H and O–H groups in total. The van der Waals surface area contributed by atoms with E-state index in [2.05, 4.69) is 20.9 Å². The van der Waals surface area contributed by atoms with Gasteiger partial charge in [0, 0.05) is 0 Å². The van der Waals surface area contributed by atoms with E-state index in [1.165, 1.54) is 11.3 Å². The first-order valence-electron chi connectivity index (χ1n) is 13.8. The maximum absolute atomic E-state index is 14.0. The molecule has 3 aromatic carbocycles. The highest BCUT2D eigenvalue weighted by Crippen LogP contribution is 2.37. The minimum Gasteiger partial charge on any atom is -0.494 e. The standard InChI is InChI=1S/C33H31BrN2O6S/c1-5-40-24-14-12-23(13-15-24)29-28(32(38)41-6-2)20(3)35-33-36(29)31(37)27(43-33)18-22-16-25(34)30(26(17-22)39-4)42-19-21-10-8-7-9-11-21/h7-18,29H,5-6,19H2,1-4H3/b27-18-/t29-/m1/s1. The van der Waals surface area contributed by atoms with Crippen molar-refractivity contribution in [1.82, 2.24) is 4.57 Å². The first-order valence-corrected chi connectivity index (χ1v) is 15.4. The summed E-state index contributed by atoms with van der Waals surface area (Å²) >= 11 is 4.87. The minimum absolute atomic E-state index is 0.206. The molecule has 0 unspecified atom stereocenters. The molecule has 5 rings (SSSR count). The summed E-state index contributed by atoms with van der Waals surface area (Å²) in [5.74, 6) is 1.29.